The minimum absolute atomic E-state index is 0.356. The maximum atomic E-state index is 11.7. The van der Waals surface area contributed by atoms with Crippen LogP contribution in [0.2, 0.25) is 0 Å². The summed E-state index contributed by atoms with van der Waals surface area (Å²) < 4.78 is 1.64. The van der Waals surface area contributed by atoms with E-state index in [0.29, 0.717) is 5.69 Å². The smallest absolute Gasteiger partial charge is 0.223 e. The van der Waals surface area contributed by atoms with Gasteiger partial charge in [-0.05, 0) is 36.8 Å². The molecular formula is C20H16N2O3S. The number of aromatic nitrogens is 2. The second-order valence-electron chi connectivity index (χ2n) is 6.05. The monoisotopic (exact) mass is 364 g/mol. The van der Waals surface area contributed by atoms with Crippen LogP contribution in [0.1, 0.15) is 18.7 Å². The Morgan fingerprint density at radius 3 is 2.85 bits per heavy atom. The van der Waals surface area contributed by atoms with Gasteiger partial charge in [0.1, 0.15) is 4.83 Å². The van der Waals surface area contributed by atoms with Gasteiger partial charge in [0.05, 0.1) is 18.0 Å². The summed E-state index contributed by atoms with van der Waals surface area (Å²) in [5, 5.41) is 23.0. The van der Waals surface area contributed by atoms with Gasteiger partial charge in [-0.2, -0.15) is 0 Å². The molecule has 0 aliphatic heterocycles. The average Bonchev–Trinajstić information content (AvgIpc) is 3.07. The fraction of sp³-hybridized carbons (Fsp3) is 0.100. The molecule has 3 aromatic heterocycles. The summed E-state index contributed by atoms with van der Waals surface area (Å²) in [6, 6.07) is 12.9. The zero-order valence-electron chi connectivity index (χ0n) is 14.0. The van der Waals surface area contributed by atoms with Gasteiger partial charge in [0.2, 0.25) is 5.43 Å². The maximum absolute atomic E-state index is 11.7. The summed E-state index contributed by atoms with van der Waals surface area (Å²) in [4.78, 5) is 17.1. The van der Waals surface area contributed by atoms with E-state index in [1.54, 1.807) is 29.0 Å². The number of nitrogens with zero attached hydrogens (tertiary/aromatic N) is 2. The number of benzene rings is 1. The van der Waals surface area contributed by atoms with Crippen molar-refractivity contribution in [1.29, 1.82) is 0 Å². The highest BCUT2D eigenvalue weighted by atomic mass is 32.1. The zero-order chi connectivity index (χ0) is 18.3. The summed E-state index contributed by atoms with van der Waals surface area (Å²) in [5.74, 6) is -0.356. The third kappa shape index (κ3) is 2.79. The Morgan fingerprint density at radius 1 is 1.19 bits per heavy atom. The van der Waals surface area contributed by atoms with Gasteiger partial charge in [0.25, 0.3) is 0 Å². The van der Waals surface area contributed by atoms with Crippen molar-refractivity contribution in [3.63, 3.8) is 0 Å². The Hall–Kier alpha value is -2.96. The van der Waals surface area contributed by atoms with Crippen LogP contribution < -0.4 is 5.43 Å². The van der Waals surface area contributed by atoms with Gasteiger partial charge in [-0.3, -0.25) is 4.79 Å². The van der Waals surface area contributed by atoms with Crippen molar-refractivity contribution in [2.45, 2.75) is 13.0 Å². The van der Waals surface area contributed by atoms with E-state index in [1.165, 1.54) is 12.3 Å². The Kier molecular flexibility index (Phi) is 4.06. The fourth-order valence-electron chi connectivity index (χ4n) is 3.00. The second kappa shape index (κ2) is 6.40. The van der Waals surface area contributed by atoms with Crippen molar-refractivity contribution in [3.8, 4) is 22.6 Å². The van der Waals surface area contributed by atoms with E-state index in [2.05, 4.69) is 10.4 Å². The molecule has 0 amide bonds. The molecule has 4 aromatic rings. The van der Waals surface area contributed by atoms with Gasteiger partial charge in [-0.15, -0.1) is 11.3 Å². The minimum Gasteiger partial charge on any atom is -0.503 e. The molecule has 0 aliphatic carbocycles. The molecule has 0 saturated carbocycles. The van der Waals surface area contributed by atoms with Gasteiger partial charge in [-0.25, -0.2) is 4.98 Å². The highest BCUT2D eigenvalue weighted by molar-refractivity contribution is 7.17. The van der Waals surface area contributed by atoms with E-state index >= 15 is 0 Å². The molecule has 0 spiro atoms. The molecule has 2 N–H and O–H groups in total. The number of aliphatic hydroxyl groups excluding tert-OH is 1. The standard InChI is InChI=1S/C20H16N2O3S/c1-12(23)17-9-18(24)19(25)10-22(17)14-5-2-4-13(8-14)16-11-26-20-15(16)6-3-7-21-20/h2-12,23,25H,1H3. The van der Waals surface area contributed by atoms with E-state index in [4.69, 9.17) is 0 Å². The Morgan fingerprint density at radius 2 is 2.04 bits per heavy atom. The molecule has 6 heteroatoms. The van der Waals surface area contributed by atoms with Crippen molar-refractivity contribution in [2.75, 3.05) is 0 Å². The summed E-state index contributed by atoms with van der Waals surface area (Å²) in [6.07, 6.45) is 2.27. The molecule has 0 radical (unpaired) electrons. The highest BCUT2D eigenvalue weighted by Gasteiger charge is 2.13. The van der Waals surface area contributed by atoms with Crippen LogP contribution in [0.25, 0.3) is 27.0 Å². The molecule has 1 atom stereocenters. The summed E-state index contributed by atoms with van der Waals surface area (Å²) >= 11 is 1.58. The van der Waals surface area contributed by atoms with E-state index in [9.17, 15) is 15.0 Å². The largest absolute Gasteiger partial charge is 0.503 e. The minimum atomic E-state index is -0.849. The number of aromatic hydroxyl groups is 1. The molecule has 0 aliphatic rings. The van der Waals surface area contributed by atoms with E-state index in [-0.39, 0.29) is 5.75 Å². The van der Waals surface area contributed by atoms with Crippen LogP contribution in [0.15, 0.2) is 65.0 Å². The molecule has 0 saturated heterocycles. The summed E-state index contributed by atoms with van der Waals surface area (Å²) in [7, 11) is 0. The maximum Gasteiger partial charge on any atom is 0.223 e. The first-order valence-corrected chi connectivity index (χ1v) is 8.99. The van der Waals surface area contributed by atoms with E-state index in [1.807, 2.05) is 36.4 Å². The van der Waals surface area contributed by atoms with Crippen LogP contribution >= 0.6 is 11.3 Å². The third-order valence-corrected chi connectivity index (χ3v) is 5.18. The molecule has 4 rings (SSSR count). The predicted molar refractivity (Wildman–Crippen MR) is 103 cm³/mol. The molecular weight excluding hydrogens is 348 g/mol. The van der Waals surface area contributed by atoms with Crippen molar-refractivity contribution in [3.05, 3.63) is 76.2 Å². The van der Waals surface area contributed by atoms with Crippen molar-refractivity contribution >= 4 is 21.6 Å². The van der Waals surface area contributed by atoms with Crippen LogP contribution in [0.4, 0.5) is 0 Å². The molecule has 3 heterocycles. The topological polar surface area (TPSA) is 75.3 Å². The number of thiophene rings is 1. The number of hydrogen-bond donors (Lipinski definition) is 2. The van der Waals surface area contributed by atoms with Gasteiger partial charge in [0, 0.05) is 34.3 Å². The molecule has 26 heavy (non-hydrogen) atoms. The summed E-state index contributed by atoms with van der Waals surface area (Å²) in [6.45, 7) is 1.59. The van der Waals surface area contributed by atoms with Crippen molar-refractivity contribution < 1.29 is 10.2 Å². The lowest BCUT2D eigenvalue weighted by Crippen LogP contribution is -2.13. The van der Waals surface area contributed by atoms with Crippen LogP contribution in [-0.2, 0) is 0 Å². The number of fused-ring (bicyclic) bond motifs is 1. The number of rotatable bonds is 3. The van der Waals surface area contributed by atoms with Crippen LogP contribution in [0, 0.1) is 0 Å². The van der Waals surface area contributed by atoms with Crippen LogP contribution in [0.3, 0.4) is 0 Å². The van der Waals surface area contributed by atoms with E-state index < -0.39 is 11.5 Å². The first kappa shape index (κ1) is 16.5. The van der Waals surface area contributed by atoms with Gasteiger partial charge in [-0.1, -0.05) is 12.1 Å². The third-order valence-electron chi connectivity index (χ3n) is 4.27. The zero-order valence-corrected chi connectivity index (χ0v) is 14.8. The lowest BCUT2D eigenvalue weighted by molar-refractivity contribution is 0.191. The molecule has 1 aromatic carbocycles. The first-order valence-electron chi connectivity index (χ1n) is 8.11. The number of hydrogen-bond acceptors (Lipinski definition) is 5. The fourth-order valence-corrected chi connectivity index (χ4v) is 3.92. The van der Waals surface area contributed by atoms with E-state index in [0.717, 1.165) is 27.0 Å². The molecule has 5 nitrogen and oxygen atoms in total. The Balaban J connectivity index is 1.90. The molecule has 130 valence electrons. The molecule has 0 bridgehead atoms. The van der Waals surface area contributed by atoms with Crippen molar-refractivity contribution in [1.82, 2.24) is 9.55 Å². The summed E-state index contributed by atoms with van der Waals surface area (Å²) in [5.41, 5.74) is 2.72. The van der Waals surface area contributed by atoms with Crippen molar-refractivity contribution in [2.24, 2.45) is 0 Å². The lowest BCUT2D eigenvalue weighted by Gasteiger charge is -2.16. The van der Waals surface area contributed by atoms with Gasteiger partial charge < -0.3 is 14.8 Å². The second-order valence-corrected chi connectivity index (χ2v) is 6.91. The normalized spacial score (nSPS) is 12.4. The Labute approximate surface area is 153 Å². The highest BCUT2D eigenvalue weighted by Crippen LogP contribution is 2.33. The van der Waals surface area contributed by atoms with Crippen LogP contribution in [-0.4, -0.2) is 19.8 Å². The Bertz CT molecular complexity index is 1160. The average molecular weight is 364 g/mol. The van der Waals surface area contributed by atoms with Gasteiger partial charge in [0.15, 0.2) is 5.75 Å². The van der Waals surface area contributed by atoms with Gasteiger partial charge >= 0.3 is 0 Å². The van der Waals surface area contributed by atoms with Crippen LogP contribution in [0.5, 0.6) is 5.75 Å². The SMILES string of the molecule is CC(O)c1cc(=O)c(O)cn1-c1cccc(-c2csc3ncccc23)c1. The molecule has 1 unspecified atom stereocenters. The predicted octanol–water partition coefficient (Wildman–Crippen LogP) is 3.87. The molecule has 0 fully saturated rings. The lowest BCUT2D eigenvalue weighted by atomic mass is 10.0. The number of aliphatic hydroxyl groups is 1. The number of pyridine rings is 2. The quantitative estimate of drug-likeness (QED) is 0.579. The first-order chi connectivity index (χ1) is 12.5.